The Bertz CT molecular complexity index is 1140. The van der Waals surface area contributed by atoms with E-state index in [1.165, 1.54) is 5.57 Å². The van der Waals surface area contributed by atoms with E-state index >= 15 is 0 Å². The molecule has 5 fully saturated rings. The Hall–Kier alpha value is -2.11. The lowest BCUT2D eigenvalue weighted by atomic mass is 9.32. The third-order valence-corrected chi connectivity index (χ3v) is 13.6. The summed E-state index contributed by atoms with van der Waals surface area (Å²) in [7, 11) is 1.56. The third-order valence-electron chi connectivity index (χ3n) is 13.6. The maximum absolute atomic E-state index is 13.6. The van der Waals surface area contributed by atoms with E-state index in [9.17, 15) is 14.4 Å². The lowest BCUT2D eigenvalue weighted by Gasteiger charge is -2.72. The third kappa shape index (κ3) is 3.61. The molecule has 5 aliphatic rings. The molecular formula is C33H50N2O4. The molecule has 9 atom stereocenters. The maximum atomic E-state index is 13.6. The fourth-order valence-electron chi connectivity index (χ4n) is 11.8. The highest BCUT2D eigenvalue weighted by Crippen LogP contribution is 2.77. The van der Waals surface area contributed by atoms with Gasteiger partial charge < -0.3 is 15.8 Å². The second kappa shape index (κ2) is 8.94. The van der Waals surface area contributed by atoms with Crippen LogP contribution in [0.25, 0.3) is 0 Å². The fourth-order valence-corrected chi connectivity index (χ4v) is 11.8. The molecule has 0 aliphatic heterocycles. The van der Waals surface area contributed by atoms with Crippen molar-refractivity contribution in [3.8, 4) is 0 Å². The number of urea groups is 1. The number of carbonyl (C=O) groups excluding carboxylic acids is 3. The summed E-state index contributed by atoms with van der Waals surface area (Å²) in [5.74, 6) is 1.95. The minimum absolute atomic E-state index is 0.00878. The Labute approximate surface area is 234 Å². The van der Waals surface area contributed by atoms with Crippen molar-refractivity contribution < 1.29 is 19.1 Å². The van der Waals surface area contributed by atoms with E-state index in [-0.39, 0.29) is 45.2 Å². The van der Waals surface area contributed by atoms with Crippen LogP contribution in [0.4, 0.5) is 4.79 Å². The summed E-state index contributed by atoms with van der Waals surface area (Å²) in [4.78, 5) is 38.6. The summed E-state index contributed by atoms with van der Waals surface area (Å²) in [5, 5.41) is 2.60. The number of carbonyl (C=O) groups is 3. The normalized spacial score (nSPS) is 47.3. The molecule has 0 spiro atoms. The number of hydrogen-bond donors (Lipinski definition) is 2. The number of allylic oxidation sites excluding steroid dienone is 2. The molecule has 216 valence electrons. The van der Waals surface area contributed by atoms with Crippen LogP contribution < -0.4 is 11.1 Å². The van der Waals surface area contributed by atoms with Gasteiger partial charge in [-0.1, -0.05) is 46.8 Å². The SMILES string of the molecule is C=C(C)C1CCC2(C(=O)OC)CCC3(C)C(CCC4C5(C)CC(=CNC(N)=O)C(=O)C(C)(C)C5CCC43C)C12. The van der Waals surface area contributed by atoms with Crippen molar-refractivity contribution in [2.75, 3.05) is 7.11 Å². The zero-order valence-corrected chi connectivity index (χ0v) is 25.2. The first-order valence-corrected chi connectivity index (χ1v) is 15.1. The molecule has 2 amide bonds. The van der Waals surface area contributed by atoms with Crippen LogP contribution in [-0.2, 0) is 14.3 Å². The topological polar surface area (TPSA) is 98.5 Å². The molecule has 6 nitrogen and oxygen atoms in total. The molecular weight excluding hydrogens is 488 g/mol. The summed E-state index contributed by atoms with van der Waals surface area (Å²) in [6, 6.07) is -0.637. The van der Waals surface area contributed by atoms with E-state index in [0.29, 0.717) is 29.7 Å². The maximum Gasteiger partial charge on any atom is 0.316 e. The highest BCUT2D eigenvalue weighted by molar-refractivity contribution is 6.01. The molecule has 9 unspecified atom stereocenters. The molecule has 0 heterocycles. The summed E-state index contributed by atoms with van der Waals surface area (Å²) in [6.07, 6.45) is 10.4. The zero-order valence-electron chi connectivity index (χ0n) is 25.2. The fraction of sp³-hybridized carbons (Fsp3) is 0.788. The smallest absolute Gasteiger partial charge is 0.316 e. The zero-order chi connectivity index (χ0) is 28.8. The van der Waals surface area contributed by atoms with E-state index < -0.39 is 11.4 Å². The van der Waals surface area contributed by atoms with E-state index in [1.54, 1.807) is 13.3 Å². The van der Waals surface area contributed by atoms with Crippen LogP contribution in [0.15, 0.2) is 23.9 Å². The molecule has 39 heavy (non-hydrogen) atoms. The van der Waals surface area contributed by atoms with Gasteiger partial charge in [0.1, 0.15) is 0 Å². The molecule has 0 saturated heterocycles. The minimum Gasteiger partial charge on any atom is -0.469 e. The average Bonchev–Trinajstić information content (AvgIpc) is 3.26. The predicted octanol–water partition coefficient (Wildman–Crippen LogP) is 6.55. The van der Waals surface area contributed by atoms with Crippen molar-refractivity contribution in [1.82, 2.24) is 5.32 Å². The largest absolute Gasteiger partial charge is 0.469 e. The van der Waals surface area contributed by atoms with Gasteiger partial charge in [0.2, 0.25) is 0 Å². The molecule has 5 aliphatic carbocycles. The Morgan fingerprint density at radius 1 is 0.974 bits per heavy atom. The van der Waals surface area contributed by atoms with Gasteiger partial charge in [0, 0.05) is 17.2 Å². The molecule has 5 rings (SSSR count). The van der Waals surface area contributed by atoms with Crippen molar-refractivity contribution in [3.63, 3.8) is 0 Å². The van der Waals surface area contributed by atoms with Crippen molar-refractivity contribution in [3.05, 3.63) is 23.9 Å². The van der Waals surface area contributed by atoms with Crippen molar-refractivity contribution in [1.29, 1.82) is 0 Å². The molecule has 6 heteroatoms. The number of rotatable bonds is 3. The molecule has 0 bridgehead atoms. The summed E-state index contributed by atoms with van der Waals surface area (Å²) < 4.78 is 5.49. The average molecular weight is 539 g/mol. The van der Waals surface area contributed by atoms with Crippen LogP contribution in [0, 0.1) is 56.7 Å². The number of ether oxygens (including phenoxy) is 1. The first kappa shape index (κ1) is 28.4. The Kier molecular flexibility index (Phi) is 6.52. The summed E-state index contributed by atoms with van der Waals surface area (Å²) in [5.41, 5.74) is 6.51. The Balaban J connectivity index is 1.57. The number of methoxy groups -OCH3 is 1. The van der Waals surface area contributed by atoms with Crippen molar-refractivity contribution >= 4 is 17.8 Å². The Morgan fingerprint density at radius 2 is 1.67 bits per heavy atom. The number of primary amides is 1. The van der Waals surface area contributed by atoms with Gasteiger partial charge in [-0.05, 0) is 111 Å². The van der Waals surface area contributed by atoms with Crippen LogP contribution in [0.5, 0.6) is 0 Å². The van der Waals surface area contributed by atoms with Gasteiger partial charge in [-0.3, -0.25) is 9.59 Å². The van der Waals surface area contributed by atoms with Crippen LogP contribution in [-0.4, -0.2) is 24.9 Å². The van der Waals surface area contributed by atoms with Gasteiger partial charge in [0.25, 0.3) is 0 Å². The van der Waals surface area contributed by atoms with Crippen LogP contribution in [0.1, 0.15) is 99.3 Å². The number of nitrogens with two attached hydrogens (primary N) is 1. The number of amides is 2. The number of Topliss-reactive ketones (excluding diaryl/α,β-unsaturated/α-hetero) is 1. The standard InChI is InChI=1S/C33H50N2O4/c1-19(2)21-11-14-33(27(37)39-8)16-15-31(6)22(25(21)33)9-10-24-30(5)17-20(18-35-28(34)38)26(36)29(3,4)23(30)12-13-32(24,31)7/h18,21-25H,1,9-17H2,2-8H3,(H3,34,35,38). The van der Waals surface area contributed by atoms with Crippen molar-refractivity contribution in [2.45, 2.75) is 99.3 Å². The number of ketones is 1. The first-order valence-electron chi connectivity index (χ1n) is 15.1. The predicted molar refractivity (Wildman–Crippen MR) is 152 cm³/mol. The van der Waals surface area contributed by atoms with Crippen LogP contribution in [0.3, 0.4) is 0 Å². The summed E-state index contributed by atoms with van der Waals surface area (Å²) >= 11 is 0. The molecule has 0 radical (unpaired) electrons. The monoisotopic (exact) mass is 538 g/mol. The molecule has 0 aromatic heterocycles. The highest BCUT2D eigenvalue weighted by Gasteiger charge is 2.72. The molecule has 0 aromatic rings. The van der Waals surface area contributed by atoms with Crippen LogP contribution >= 0.6 is 0 Å². The number of fused-ring (bicyclic) bond motifs is 7. The van der Waals surface area contributed by atoms with Gasteiger partial charge >= 0.3 is 12.0 Å². The summed E-state index contributed by atoms with van der Waals surface area (Å²) in [6.45, 7) is 18.3. The molecule has 5 saturated carbocycles. The van der Waals surface area contributed by atoms with Gasteiger partial charge in [-0.25, -0.2) is 4.79 Å². The van der Waals surface area contributed by atoms with Gasteiger partial charge in [-0.2, -0.15) is 0 Å². The first-order chi connectivity index (χ1) is 18.1. The highest BCUT2D eigenvalue weighted by atomic mass is 16.5. The van der Waals surface area contributed by atoms with E-state index in [4.69, 9.17) is 10.5 Å². The van der Waals surface area contributed by atoms with E-state index in [0.717, 1.165) is 51.4 Å². The quantitative estimate of drug-likeness (QED) is 0.242. The molecule has 0 aromatic carbocycles. The lowest BCUT2D eigenvalue weighted by molar-refractivity contribution is -0.232. The molecule has 3 N–H and O–H groups in total. The van der Waals surface area contributed by atoms with E-state index in [2.05, 4.69) is 53.4 Å². The lowest BCUT2D eigenvalue weighted by Crippen LogP contribution is -2.67. The van der Waals surface area contributed by atoms with Gasteiger partial charge in [0.15, 0.2) is 5.78 Å². The van der Waals surface area contributed by atoms with E-state index in [1.807, 2.05) is 0 Å². The van der Waals surface area contributed by atoms with Crippen molar-refractivity contribution in [2.24, 2.45) is 62.4 Å². The Morgan fingerprint density at radius 3 is 2.28 bits per heavy atom. The minimum atomic E-state index is -0.637. The number of hydrogen-bond acceptors (Lipinski definition) is 4. The second-order valence-electron chi connectivity index (χ2n) is 15.2. The van der Waals surface area contributed by atoms with Gasteiger partial charge in [0.05, 0.1) is 12.5 Å². The number of esters is 1. The second-order valence-corrected chi connectivity index (χ2v) is 15.2. The van der Waals surface area contributed by atoms with Crippen LogP contribution in [0.2, 0.25) is 0 Å². The number of nitrogens with one attached hydrogen (secondary N) is 1. The van der Waals surface area contributed by atoms with Gasteiger partial charge in [-0.15, -0.1) is 0 Å².